The van der Waals surface area contributed by atoms with E-state index >= 15 is 0 Å². The Hall–Kier alpha value is -2.69. The monoisotopic (exact) mass is 327 g/mol. The molecule has 0 bridgehead atoms. The van der Waals surface area contributed by atoms with Gasteiger partial charge in [-0.05, 0) is 49.7 Å². The zero-order chi connectivity index (χ0) is 16.9. The summed E-state index contributed by atoms with van der Waals surface area (Å²) in [5, 5.41) is 2.99. The van der Waals surface area contributed by atoms with E-state index in [0.29, 0.717) is 36.9 Å². The van der Waals surface area contributed by atoms with E-state index in [0.717, 1.165) is 11.3 Å². The highest BCUT2D eigenvalue weighted by Crippen LogP contribution is 2.30. The fraction of sp³-hybridized carbons (Fsp3) is 0.316. The van der Waals surface area contributed by atoms with Crippen molar-refractivity contribution in [3.8, 4) is 17.2 Å². The third kappa shape index (κ3) is 3.62. The van der Waals surface area contributed by atoms with Gasteiger partial charge < -0.3 is 19.5 Å². The number of carbonyl (C=O) groups excluding carboxylic acids is 1. The van der Waals surface area contributed by atoms with Gasteiger partial charge in [0.2, 0.25) is 0 Å². The molecule has 0 saturated heterocycles. The van der Waals surface area contributed by atoms with Gasteiger partial charge >= 0.3 is 0 Å². The predicted octanol–water partition coefficient (Wildman–Crippen LogP) is 3.35. The van der Waals surface area contributed by atoms with Gasteiger partial charge in [-0.2, -0.15) is 0 Å². The molecule has 0 aliphatic carbocycles. The van der Waals surface area contributed by atoms with E-state index < -0.39 is 0 Å². The van der Waals surface area contributed by atoms with Crippen molar-refractivity contribution in [2.24, 2.45) is 0 Å². The fourth-order valence-corrected chi connectivity index (χ4v) is 2.57. The lowest BCUT2D eigenvalue weighted by Crippen LogP contribution is -2.27. The van der Waals surface area contributed by atoms with Crippen LogP contribution in [0.2, 0.25) is 0 Å². The minimum atomic E-state index is -0.145. The molecule has 1 aliphatic heterocycles. The Morgan fingerprint density at radius 3 is 2.54 bits per heavy atom. The SMILES string of the molecule is CCOc1ccc([C@H](C)NC(=O)c2ccc3c(c2)OCCO3)cc1. The van der Waals surface area contributed by atoms with E-state index in [1.54, 1.807) is 18.2 Å². The normalized spacial score (nSPS) is 13.9. The standard InChI is InChI=1S/C19H21NO4/c1-3-22-16-7-4-14(5-8-16)13(2)20-19(21)15-6-9-17-18(12-15)24-11-10-23-17/h4-9,12-13H,3,10-11H2,1-2H3,(H,20,21)/t13-/m0/s1. The molecule has 0 unspecified atom stereocenters. The van der Waals surface area contributed by atoms with Gasteiger partial charge in [-0.25, -0.2) is 0 Å². The highest BCUT2D eigenvalue weighted by atomic mass is 16.6. The molecule has 0 spiro atoms. The van der Waals surface area contributed by atoms with Crippen molar-refractivity contribution in [1.29, 1.82) is 0 Å². The van der Waals surface area contributed by atoms with Crippen LogP contribution >= 0.6 is 0 Å². The molecule has 1 N–H and O–H groups in total. The van der Waals surface area contributed by atoms with Crippen molar-refractivity contribution in [1.82, 2.24) is 5.32 Å². The predicted molar refractivity (Wildman–Crippen MR) is 90.9 cm³/mol. The van der Waals surface area contributed by atoms with Gasteiger partial charge in [-0.1, -0.05) is 12.1 Å². The first-order valence-corrected chi connectivity index (χ1v) is 8.10. The first-order valence-electron chi connectivity index (χ1n) is 8.10. The van der Waals surface area contributed by atoms with Gasteiger partial charge in [-0.15, -0.1) is 0 Å². The molecule has 5 heteroatoms. The first kappa shape index (κ1) is 16.2. The molecule has 1 amide bonds. The van der Waals surface area contributed by atoms with Crippen LogP contribution in [0.1, 0.15) is 35.8 Å². The summed E-state index contributed by atoms with van der Waals surface area (Å²) in [4.78, 5) is 12.5. The fourth-order valence-electron chi connectivity index (χ4n) is 2.57. The van der Waals surface area contributed by atoms with Crippen LogP contribution in [0.5, 0.6) is 17.2 Å². The Morgan fingerprint density at radius 2 is 1.83 bits per heavy atom. The van der Waals surface area contributed by atoms with Crippen LogP contribution in [0, 0.1) is 0 Å². The second-order valence-electron chi connectivity index (χ2n) is 5.56. The molecule has 2 aromatic carbocycles. The molecule has 0 radical (unpaired) electrons. The molecular formula is C19H21NO4. The molecule has 2 aromatic rings. The Kier molecular flexibility index (Phi) is 4.89. The Labute approximate surface area is 141 Å². The molecule has 1 atom stereocenters. The van der Waals surface area contributed by atoms with Gasteiger partial charge in [-0.3, -0.25) is 4.79 Å². The van der Waals surface area contributed by atoms with E-state index in [2.05, 4.69) is 5.32 Å². The third-order valence-electron chi connectivity index (χ3n) is 3.84. The van der Waals surface area contributed by atoms with Crippen molar-refractivity contribution in [2.75, 3.05) is 19.8 Å². The number of fused-ring (bicyclic) bond motifs is 1. The van der Waals surface area contributed by atoms with Crippen LogP contribution in [0.4, 0.5) is 0 Å². The molecule has 126 valence electrons. The molecule has 24 heavy (non-hydrogen) atoms. The van der Waals surface area contributed by atoms with E-state index in [1.807, 2.05) is 38.1 Å². The van der Waals surface area contributed by atoms with E-state index in [-0.39, 0.29) is 11.9 Å². The number of nitrogens with one attached hydrogen (secondary N) is 1. The Bertz CT molecular complexity index is 712. The number of carbonyl (C=O) groups is 1. The highest BCUT2D eigenvalue weighted by molar-refractivity contribution is 5.95. The molecule has 3 rings (SSSR count). The summed E-state index contributed by atoms with van der Waals surface area (Å²) in [6.45, 7) is 5.57. The van der Waals surface area contributed by atoms with Crippen LogP contribution in [0.15, 0.2) is 42.5 Å². The lowest BCUT2D eigenvalue weighted by Gasteiger charge is -2.19. The molecular weight excluding hydrogens is 306 g/mol. The van der Waals surface area contributed by atoms with Crippen LogP contribution in [0.25, 0.3) is 0 Å². The summed E-state index contributed by atoms with van der Waals surface area (Å²) >= 11 is 0. The summed E-state index contributed by atoms with van der Waals surface area (Å²) in [5.41, 5.74) is 1.57. The van der Waals surface area contributed by atoms with E-state index in [1.165, 1.54) is 0 Å². The molecule has 1 aliphatic rings. The lowest BCUT2D eigenvalue weighted by atomic mass is 10.1. The largest absolute Gasteiger partial charge is 0.494 e. The van der Waals surface area contributed by atoms with Crippen molar-refractivity contribution >= 4 is 5.91 Å². The van der Waals surface area contributed by atoms with Gasteiger partial charge in [0.25, 0.3) is 5.91 Å². The number of amides is 1. The minimum Gasteiger partial charge on any atom is -0.494 e. The summed E-state index contributed by atoms with van der Waals surface area (Å²) < 4.78 is 16.4. The average Bonchev–Trinajstić information content (AvgIpc) is 2.62. The third-order valence-corrected chi connectivity index (χ3v) is 3.84. The van der Waals surface area contributed by atoms with Crippen molar-refractivity contribution in [2.45, 2.75) is 19.9 Å². The molecule has 0 fully saturated rings. The summed E-state index contributed by atoms with van der Waals surface area (Å²) in [6, 6.07) is 12.9. The van der Waals surface area contributed by atoms with Crippen LogP contribution in [-0.2, 0) is 0 Å². The molecule has 5 nitrogen and oxygen atoms in total. The lowest BCUT2D eigenvalue weighted by molar-refractivity contribution is 0.0938. The maximum absolute atomic E-state index is 12.5. The van der Waals surface area contributed by atoms with Crippen molar-refractivity contribution in [3.05, 3.63) is 53.6 Å². The van der Waals surface area contributed by atoms with Crippen molar-refractivity contribution in [3.63, 3.8) is 0 Å². The maximum Gasteiger partial charge on any atom is 0.251 e. The minimum absolute atomic E-state index is 0.110. The molecule has 1 heterocycles. The van der Waals surface area contributed by atoms with Crippen LogP contribution in [-0.4, -0.2) is 25.7 Å². The summed E-state index contributed by atoms with van der Waals surface area (Å²) in [5.74, 6) is 1.97. The summed E-state index contributed by atoms with van der Waals surface area (Å²) in [6.07, 6.45) is 0. The topological polar surface area (TPSA) is 56.8 Å². The van der Waals surface area contributed by atoms with Crippen LogP contribution < -0.4 is 19.5 Å². The van der Waals surface area contributed by atoms with Gasteiger partial charge in [0, 0.05) is 5.56 Å². The average molecular weight is 327 g/mol. The number of rotatable bonds is 5. The second-order valence-corrected chi connectivity index (χ2v) is 5.56. The molecule has 0 saturated carbocycles. The highest BCUT2D eigenvalue weighted by Gasteiger charge is 2.16. The molecule has 0 aromatic heterocycles. The second kappa shape index (κ2) is 7.25. The zero-order valence-corrected chi connectivity index (χ0v) is 13.9. The van der Waals surface area contributed by atoms with Gasteiger partial charge in [0.05, 0.1) is 12.6 Å². The number of benzene rings is 2. The van der Waals surface area contributed by atoms with Crippen LogP contribution in [0.3, 0.4) is 0 Å². The van der Waals surface area contributed by atoms with Gasteiger partial charge in [0.1, 0.15) is 19.0 Å². The quantitative estimate of drug-likeness (QED) is 0.915. The Morgan fingerprint density at radius 1 is 1.12 bits per heavy atom. The zero-order valence-electron chi connectivity index (χ0n) is 13.9. The smallest absolute Gasteiger partial charge is 0.251 e. The number of hydrogen-bond donors (Lipinski definition) is 1. The van der Waals surface area contributed by atoms with Gasteiger partial charge in [0.15, 0.2) is 11.5 Å². The van der Waals surface area contributed by atoms with E-state index in [9.17, 15) is 4.79 Å². The number of hydrogen-bond acceptors (Lipinski definition) is 4. The Balaban J connectivity index is 1.67. The number of ether oxygens (including phenoxy) is 3. The van der Waals surface area contributed by atoms with E-state index in [4.69, 9.17) is 14.2 Å². The van der Waals surface area contributed by atoms with Crippen molar-refractivity contribution < 1.29 is 19.0 Å². The summed E-state index contributed by atoms with van der Waals surface area (Å²) in [7, 11) is 0. The first-order chi connectivity index (χ1) is 11.7. The maximum atomic E-state index is 12.5.